The molecule has 0 unspecified atom stereocenters. The van der Waals surface area contributed by atoms with Gasteiger partial charge in [-0.2, -0.15) is 5.26 Å². The zero-order chi connectivity index (χ0) is 13.1. The van der Waals surface area contributed by atoms with Crippen LogP contribution >= 0.6 is 0 Å². The van der Waals surface area contributed by atoms with Gasteiger partial charge in [-0.05, 0) is 33.6 Å². The molecule has 1 aliphatic rings. The normalized spacial score (nSPS) is 18.2. The molecule has 0 aromatic heterocycles. The minimum Gasteiger partial charge on any atom is -0.444 e. The first-order valence-corrected chi connectivity index (χ1v) is 5.82. The fourth-order valence-electron chi connectivity index (χ4n) is 1.84. The van der Waals surface area contributed by atoms with Crippen molar-refractivity contribution in [3.05, 3.63) is 0 Å². The summed E-state index contributed by atoms with van der Waals surface area (Å²) >= 11 is 0. The predicted molar refractivity (Wildman–Crippen MR) is 62.2 cm³/mol. The molecule has 1 fully saturated rings. The number of likely N-dealkylation sites (tertiary alicyclic amines) is 1. The van der Waals surface area contributed by atoms with Crippen molar-refractivity contribution in [2.24, 2.45) is 5.41 Å². The van der Waals surface area contributed by atoms with E-state index in [1.54, 1.807) is 0 Å². The van der Waals surface area contributed by atoms with Gasteiger partial charge in [0.1, 0.15) is 5.60 Å². The Kier molecular flexibility index (Phi) is 3.99. The maximum atomic E-state index is 11.7. The number of ether oxygens (including phenoxy) is 1. The van der Waals surface area contributed by atoms with Gasteiger partial charge in [-0.25, -0.2) is 4.79 Å². The molecular weight excluding hydrogens is 220 g/mol. The SMILES string of the molecule is CC(C)(C)OC(=O)N1CC(C#N)(CCCO)C1. The Morgan fingerprint density at radius 1 is 1.53 bits per heavy atom. The summed E-state index contributed by atoms with van der Waals surface area (Å²) in [5.41, 5.74) is -0.993. The van der Waals surface area contributed by atoms with Crippen LogP contribution in [0.4, 0.5) is 4.79 Å². The van der Waals surface area contributed by atoms with Crippen LogP contribution < -0.4 is 0 Å². The second-order valence-corrected chi connectivity index (χ2v) is 5.56. The summed E-state index contributed by atoms with van der Waals surface area (Å²) in [7, 11) is 0. The van der Waals surface area contributed by atoms with Crippen molar-refractivity contribution in [1.82, 2.24) is 4.90 Å². The fourth-order valence-corrected chi connectivity index (χ4v) is 1.84. The average Bonchev–Trinajstić information content (AvgIpc) is 2.14. The highest BCUT2D eigenvalue weighted by molar-refractivity contribution is 5.69. The van der Waals surface area contributed by atoms with E-state index in [0.29, 0.717) is 25.9 Å². The summed E-state index contributed by atoms with van der Waals surface area (Å²) in [5.74, 6) is 0. The third-order valence-electron chi connectivity index (χ3n) is 2.69. The van der Waals surface area contributed by atoms with E-state index in [-0.39, 0.29) is 12.7 Å². The van der Waals surface area contributed by atoms with Crippen molar-refractivity contribution in [3.63, 3.8) is 0 Å². The van der Waals surface area contributed by atoms with Crippen LogP contribution in [0.5, 0.6) is 0 Å². The largest absolute Gasteiger partial charge is 0.444 e. The number of carbonyl (C=O) groups excluding carboxylic acids is 1. The van der Waals surface area contributed by atoms with Crippen molar-refractivity contribution < 1.29 is 14.6 Å². The molecule has 17 heavy (non-hydrogen) atoms. The van der Waals surface area contributed by atoms with E-state index >= 15 is 0 Å². The van der Waals surface area contributed by atoms with Crippen LogP contribution in [0.25, 0.3) is 0 Å². The maximum Gasteiger partial charge on any atom is 0.410 e. The Morgan fingerprint density at radius 3 is 2.53 bits per heavy atom. The molecule has 1 rings (SSSR count). The lowest BCUT2D eigenvalue weighted by atomic mass is 9.77. The van der Waals surface area contributed by atoms with E-state index in [1.165, 1.54) is 4.90 Å². The Balaban J connectivity index is 2.44. The Bertz CT molecular complexity index is 322. The second kappa shape index (κ2) is 4.92. The number of nitrogens with zero attached hydrogens (tertiary/aromatic N) is 2. The molecule has 96 valence electrons. The van der Waals surface area contributed by atoms with E-state index in [9.17, 15) is 4.79 Å². The van der Waals surface area contributed by atoms with E-state index in [4.69, 9.17) is 15.1 Å². The molecule has 0 saturated carbocycles. The first-order valence-electron chi connectivity index (χ1n) is 5.82. The topological polar surface area (TPSA) is 73.6 Å². The Morgan fingerprint density at radius 2 is 2.12 bits per heavy atom. The molecule has 5 heteroatoms. The predicted octanol–water partition coefficient (Wildman–Crippen LogP) is 1.52. The first-order chi connectivity index (χ1) is 7.82. The van der Waals surface area contributed by atoms with Gasteiger partial charge in [0.25, 0.3) is 0 Å². The third-order valence-corrected chi connectivity index (χ3v) is 2.69. The molecule has 1 saturated heterocycles. The highest BCUT2D eigenvalue weighted by Gasteiger charge is 2.46. The molecule has 0 atom stereocenters. The van der Waals surface area contributed by atoms with Gasteiger partial charge in [-0.1, -0.05) is 0 Å². The van der Waals surface area contributed by atoms with Gasteiger partial charge in [-0.3, -0.25) is 0 Å². The molecule has 0 spiro atoms. The maximum absolute atomic E-state index is 11.7. The van der Waals surface area contributed by atoms with Crippen molar-refractivity contribution in [2.75, 3.05) is 19.7 Å². The standard InChI is InChI=1S/C12H20N2O3/c1-11(2,3)17-10(16)14-8-12(7-13,9-14)5-4-6-15/h15H,4-6,8-9H2,1-3H3. The van der Waals surface area contributed by atoms with Crippen LogP contribution in [0.15, 0.2) is 0 Å². The highest BCUT2D eigenvalue weighted by Crippen LogP contribution is 2.35. The van der Waals surface area contributed by atoms with E-state index in [1.807, 2.05) is 20.8 Å². The molecule has 5 nitrogen and oxygen atoms in total. The Labute approximate surface area is 102 Å². The number of amides is 1. The fraction of sp³-hybridized carbons (Fsp3) is 0.833. The minimum absolute atomic E-state index is 0.0792. The lowest BCUT2D eigenvalue weighted by molar-refractivity contribution is -0.0196. The van der Waals surface area contributed by atoms with Gasteiger partial charge in [0.2, 0.25) is 0 Å². The zero-order valence-electron chi connectivity index (χ0n) is 10.7. The third kappa shape index (κ3) is 3.60. The molecule has 1 aliphatic heterocycles. The number of nitriles is 1. The number of hydrogen-bond acceptors (Lipinski definition) is 4. The molecule has 0 radical (unpaired) electrons. The summed E-state index contributed by atoms with van der Waals surface area (Å²) in [5, 5.41) is 17.8. The summed E-state index contributed by atoms with van der Waals surface area (Å²) in [4.78, 5) is 13.2. The van der Waals surface area contributed by atoms with Crippen LogP contribution in [0, 0.1) is 16.7 Å². The summed E-state index contributed by atoms with van der Waals surface area (Å²) in [6, 6.07) is 2.24. The summed E-state index contributed by atoms with van der Waals surface area (Å²) in [6.45, 7) is 6.32. The number of hydrogen-bond donors (Lipinski definition) is 1. The van der Waals surface area contributed by atoms with Crippen LogP contribution in [-0.2, 0) is 4.74 Å². The van der Waals surface area contributed by atoms with Crippen molar-refractivity contribution >= 4 is 6.09 Å². The number of aliphatic hydroxyl groups is 1. The molecule has 1 amide bonds. The molecule has 0 aromatic rings. The molecular formula is C12H20N2O3. The summed E-state index contributed by atoms with van der Waals surface area (Å²) < 4.78 is 5.21. The van der Waals surface area contributed by atoms with Gasteiger partial charge in [0.15, 0.2) is 0 Å². The smallest absolute Gasteiger partial charge is 0.410 e. The zero-order valence-corrected chi connectivity index (χ0v) is 10.7. The second-order valence-electron chi connectivity index (χ2n) is 5.56. The van der Waals surface area contributed by atoms with Crippen molar-refractivity contribution in [1.29, 1.82) is 5.26 Å². The molecule has 1 N–H and O–H groups in total. The number of carbonyl (C=O) groups is 1. The van der Waals surface area contributed by atoms with E-state index in [0.717, 1.165) is 0 Å². The monoisotopic (exact) mass is 240 g/mol. The molecule has 0 bridgehead atoms. The number of rotatable bonds is 3. The van der Waals surface area contributed by atoms with Crippen molar-refractivity contribution in [2.45, 2.75) is 39.2 Å². The van der Waals surface area contributed by atoms with Crippen molar-refractivity contribution in [3.8, 4) is 6.07 Å². The van der Waals surface area contributed by atoms with Crippen LogP contribution in [-0.4, -0.2) is 41.4 Å². The Hall–Kier alpha value is -1.28. The lowest BCUT2D eigenvalue weighted by Crippen LogP contribution is -2.58. The van der Waals surface area contributed by atoms with Gasteiger partial charge in [0, 0.05) is 19.7 Å². The van der Waals surface area contributed by atoms with E-state index < -0.39 is 11.0 Å². The van der Waals surface area contributed by atoms with E-state index in [2.05, 4.69) is 6.07 Å². The number of aliphatic hydroxyl groups excluding tert-OH is 1. The minimum atomic E-state index is -0.507. The van der Waals surface area contributed by atoms with Gasteiger partial charge < -0.3 is 14.7 Å². The quantitative estimate of drug-likeness (QED) is 0.811. The lowest BCUT2D eigenvalue weighted by Gasteiger charge is -2.45. The first kappa shape index (κ1) is 13.8. The van der Waals surface area contributed by atoms with Crippen LogP contribution in [0.1, 0.15) is 33.6 Å². The van der Waals surface area contributed by atoms with Crippen LogP contribution in [0.2, 0.25) is 0 Å². The molecule has 0 aromatic carbocycles. The van der Waals surface area contributed by atoms with Gasteiger partial charge >= 0.3 is 6.09 Å². The van der Waals surface area contributed by atoms with Crippen LogP contribution in [0.3, 0.4) is 0 Å². The molecule has 0 aliphatic carbocycles. The highest BCUT2D eigenvalue weighted by atomic mass is 16.6. The van der Waals surface area contributed by atoms with Gasteiger partial charge in [0.05, 0.1) is 11.5 Å². The van der Waals surface area contributed by atoms with Gasteiger partial charge in [-0.15, -0.1) is 0 Å². The molecule has 1 heterocycles. The summed E-state index contributed by atoms with van der Waals surface area (Å²) in [6.07, 6.45) is 0.849. The average molecular weight is 240 g/mol.